The summed E-state index contributed by atoms with van der Waals surface area (Å²) >= 11 is 1.78. The smallest absolute Gasteiger partial charge is 0.267 e. The maximum absolute atomic E-state index is 13.0. The average Bonchev–Trinajstić information content (AvgIpc) is 3.00. The third-order valence-electron chi connectivity index (χ3n) is 4.07. The molecule has 2 aliphatic heterocycles. The van der Waals surface area contributed by atoms with Crippen molar-refractivity contribution in [3.63, 3.8) is 0 Å². The normalized spacial score (nSPS) is 20.7. The number of ether oxygens (including phenoxy) is 2. The number of benzene rings is 2. The minimum atomic E-state index is -0.499. The van der Waals surface area contributed by atoms with Crippen LogP contribution in [0.15, 0.2) is 47.4 Å². The molecule has 0 amide bonds. The molecule has 1 fully saturated rings. The lowest BCUT2D eigenvalue weighted by molar-refractivity contribution is 0.0486. The van der Waals surface area contributed by atoms with E-state index < -0.39 is 6.29 Å². The van der Waals surface area contributed by atoms with E-state index >= 15 is 0 Å². The number of hydrogen-bond acceptors (Lipinski definition) is 4. The molecule has 1 atom stereocenters. The predicted molar refractivity (Wildman–Crippen MR) is 88.1 cm³/mol. The molecule has 120 valence electrons. The Bertz CT molecular complexity index is 686. The van der Waals surface area contributed by atoms with E-state index in [2.05, 4.69) is 10.4 Å². The minimum Gasteiger partial charge on any atom is -0.447 e. The maximum atomic E-state index is 13.0. The summed E-state index contributed by atoms with van der Waals surface area (Å²) < 4.78 is 27.1. The monoisotopic (exact) mass is 331 g/mol. The molecule has 0 bridgehead atoms. The summed E-state index contributed by atoms with van der Waals surface area (Å²) in [6, 6.07) is 12.3. The van der Waals surface area contributed by atoms with Crippen molar-refractivity contribution >= 4 is 11.9 Å². The van der Waals surface area contributed by atoms with Crippen molar-refractivity contribution in [1.82, 2.24) is 4.31 Å². The first kappa shape index (κ1) is 14.8. The van der Waals surface area contributed by atoms with E-state index in [4.69, 9.17) is 9.47 Å². The summed E-state index contributed by atoms with van der Waals surface area (Å²) in [5.74, 6) is 1.23. The molecule has 3 nitrogen and oxygen atoms in total. The third kappa shape index (κ3) is 3.31. The molecule has 2 aromatic carbocycles. The topological polar surface area (TPSA) is 21.7 Å². The Labute approximate surface area is 139 Å². The Kier molecular flexibility index (Phi) is 4.14. The zero-order valence-corrected chi connectivity index (χ0v) is 13.5. The van der Waals surface area contributed by atoms with Crippen LogP contribution in [-0.2, 0) is 0 Å². The van der Waals surface area contributed by atoms with Crippen LogP contribution in [0.5, 0.6) is 11.5 Å². The molecule has 23 heavy (non-hydrogen) atoms. The van der Waals surface area contributed by atoms with Crippen molar-refractivity contribution in [1.29, 1.82) is 0 Å². The summed E-state index contributed by atoms with van der Waals surface area (Å²) in [5, 5.41) is 0. The first-order valence-corrected chi connectivity index (χ1v) is 8.71. The number of nitrogens with zero attached hydrogens (tertiary/aromatic N) is 1. The van der Waals surface area contributed by atoms with Crippen molar-refractivity contribution in [2.45, 2.75) is 30.4 Å². The van der Waals surface area contributed by atoms with Crippen molar-refractivity contribution in [2.24, 2.45) is 0 Å². The second kappa shape index (κ2) is 6.42. The summed E-state index contributed by atoms with van der Waals surface area (Å²) in [7, 11) is 0. The highest BCUT2D eigenvalue weighted by Crippen LogP contribution is 2.43. The Morgan fingerprint density at radius 3 is 2.43 bits per heavy atom. The van der Waals surface area contributed by atoms with Gasteiger partial charge in [0, 0.05) is 23.5 Å². The number of halogens is 1. The van der Waals surface area contributed by atoms with Gasteiger partial charge < -0.3 is 9.47 Å². The van der Waals surface area contributed by atoms with Gasteiger partial charge >= 0.3 is 0 Å². The molecule has 0 saturated carbocycles. The molecule has 2 aliphatic rings. The number of rotatable bonds is 3. The summed E-state index contributed by atoms with van der Waals surface area (Å²) in [6.07, 6.45) is 3.37. The van der Waals surface area contributed by atoms with Gasteiger partial charge in [0.15, 0.2) is 11.5 Å². The molecule has 0 radical (unpaired) electrons. The molecule has 0 N–H and O–H groups in total. The van der Waals surface area contributed by atoms with Crippen molar-refractivity contribution < 1.29 is 13.9 Å². The van der Waals surface area contributed by atoms with E-state index in [0.29, 0.717) is 0 Å². The fourth-order valence-electron chi connectivity index (χ4n) is 2.85. The molecule has 1 saturated heterocycles. The molecule has 0 spiro atoms. The van der Waals surface area contributed by atoms with Crippen LogP contribution >= 0.6 is 11.9 Å². The highest BCUT2D eigenvalue weighted by molar-refractivity contribution is 7.97. The summed E-state index contributed by atoms with van der Waals surface area (Å²) in [6.45, 7) is 2.27. The molecule has 2 heterocycles. The molecule has 5 heteroatoms. The van der Waals surface area contributed by atoms with E-state index in [1.807, 2.05) is 12.1 Å². The van der Waals surface area contributed by atoms with Gasteiger partial charge in [0.2, 0.25) is 0 Å². The van der Waals surface area contributed by atoms with Crippen LogP contribution in [-0.4, -0.2) is 17.4 Å². The second-order valence-electron chi connectivity index (χ2n) is 5.81. The lowest BCUT2D eigenvalue weighted by atomic mass is 10.2. The molecule has 2 aromatic rings. The van der Waals surface area contributed by atoms with Gasteiger partial charge in [-0.25, -0.2) is 8.70 Å². The van der Waals surface area contributed by atoms with Gasteiger partial charge in [0.1, 0.15) is 5.82 Å². The molecule has 0 aromatic heterocycles. The van der Waals surface area contributed by atoms with Gasteiger partial charge in [-0.3, -0.25) is 0 Å². The van der Waals surface area contributed by atoms with Crippen LogP contribution in [0.1, 0.15) is 31.1 Å². The van der Waals surface area contributed by atoms with Gasteiger partial charge in [-0.2, -0.15) is 0 Å². The molecular formula is C18H18FNO2S. The van der Waals surface area contributed by atoms with Crippen LogP contribution in [0.4, 0.5) is 4.39 Å². The van der Waals surface area contributed by atoms with Gasteiger partial charge in [-0.1, -0.05) is 6.42 Å². The van der Waals surface area contributed by atoms with Crippen molar-refractivity contribution in [2.75, 3.05) is 13.1 Å². The lowest BCUT2D eigenvalue weighted by Crippen LogP contribution is -2.22. The minimum absolute atomic E-state index is 0.260. The molecule has 4 rings (SSSR count). The quantitative estimate of drug-likeness (QED) is 0.754. The van der Waals surface area contributed by atoms with E-state index in [1.165, 1.54) is 31.4 Å². The predicted octanol–water partition coefficient (Wildman–Crippen LogP) is 4.79. The highest BCUT2D eigenvalue weighted by Gasteiger charge is 2.26. The van der Waals surface area contributed by atoms with E-state index in [1.54, 1.807) is 24.1 Å². The van der Waals surface area contributed by atoms with Gasteiger partial charge in [0.05, 0.1) is 0 Å². The Balaban J connectivity index is 1.47. The van der Waals surface area contributed by atoms with Crippen LogP contribution in [0.2, 0.25) is 0 Å². The number of piperidine rings is 1. The van der Waals surface area contributed by atoms with E-state index in [9.17, 15) is 4.39 Å². The van der Waals surface area contributed by atoms with Crippen molar-refractivity contribution in [3.05, 3.63) is 53.8 Å². The summed E-state index contributed by atoms with van der Waals surface area (Å²) in [4.78, 5) is 1.16. The van der Waals surface area contributed by atoms with Gasteiger partial charge in [-0.15, -0.1) is 0 Å². The van der Waals surface area contributed by atoms with E-state index in [-0.39, 0.29) is 5.82 Å². The van der Waals surface area contributed by atoms with E-state index in [0.717, 1.165) is 35.0 Å². The summed E-state index contributed by atoms with van der Waals surface area (Å²) in [5.41, 5.74) is 0.813. The standard InChI is InChI=1S/C18H18FNO2S/c19-14-6-4-13(5-7-14)18-21-16-9-8-15(12-17(16)22-18)23-20-10-2-1-3-11-20/h4-9,12,18H,1-3,10-11H2. The van der Waals surface area contributed by atoms with Crippen LogP contribution in [0.25, 0.3) is 0 Å². The van der Waals surface area contributed by atoms with Crippen LogP contribution < -0.4 is 9.47 Å². The number of fused-ring (bicyclic) bond motifs is 1. The fraction of sp³-hybridized carbons (Fsp3) is 0.333. The Hall–Kier alpha value is -1.72. The Morgan fingerprint density at radius 1 is 0.913 bits per heavy atom. The SMILES string of the molecule is Fc1ccc(C2Oc3ccc(SN4CCCCC4)cc3O2)cc1. The zero-order valence-electron chi connectivity index (χ0n) is 12.7. The lowest BCUT2D eigenvalue weighted by Gasteiger charge is -2.24. The highest BCUT2D eigenvalue weighted by atomic mass is 32.2. The average molecular weight is 331 g/mol. The van der Waals surface area contributed by atoms with Crippen LogP contribution in [0, 0.1) is 5.82 Å². The van der Waals surface area contributed by atoms with Gasteiger partial charge in [0.25, 0.3) is 6.29 Å². The molecule has 1 unspecified atom stereocenters. The second-order valence-corrected chi connectivity index (χ2v) is 6.98. The third-order valence-corrected chi connectivity index (χ3v) is 5.16. The maximum Gasteiger partial charge on any atom is 0.267 e. The Morgan fingerprint density at radius 2 is 1.65 bits per heavy atom. The first-order valence-electron chi connectivity index (χ1n) is 7.94. The molecular weight excluding hydrogens is 313 g/mol. The zero-order chi connectivity index (χ0) is 15.6. The van der Waals surface area contributed by atoms with Crippen molar-refractivity contribution in [3.8, 4) is 11.5 Å². The number of hydrogen-bond donors (Lipinski definition) is 0. The van der Waals surface area contributed by atoms with Gasteiger partial charge in [-0.05, 0) is 67.3 Å². The first-order chi connectivity index (χ1) is 11.3. The molecule has 0 aliphatic carbocycles. The van der Waals surface area contributed by atoms with Crippen LogP contribution in [0.3, 0.4) is 0 Å². The fourth-order valence-corrected chi connectivity index (χ4v) is 3.88. The largest absolute Gasteiger partial charge is 0.447 e.